The molecule has 8 heteroatoms. The fourth-order valence-electron chi connectivity index (χ4n) is 4.37. The van der Waals surface area contributed by atoms with Crippen molar-refractivity contribution in [3.05, 3.63) is 40.9 Å². The van der Waals surface area contributed by atoms with Crippen molar-refractivity contribution in [3.8, 4) is 0 Å². The summed E-state index contributed by atoms with van der Waals surface area (Å²) in [6.45, 7) is 9.01. The van der Waals surface area contributed by atoms with Crippen LogP contribution >= 0.6 is 11.3 Å². The van der Waals surface area contributed by atoms with Gasteiger partial charge < -0.3 is 15.1 Å². The lowest BCUT2D eigenvalue weighted by atomic mass is 9.96. The van der Waals surface area contributed by atoms with Crippen molar-refractivity contribution in [1.82, 2.24) is 14.8 Å². The molecule has 1 aromatic carbocycles. The van der Waals surface area contributed by atoms with E-state index in [0.29, 0.717) is 18.2 Å². The number of para-hydroxylation sites is 1. The molecule has 0 radical (unpaired) electrons. The molecule has 1 atom stereocenters. The average Bonchev–Trinajstić information content (AvgIpc) is 3.10. The van der Waals surface area contributed by atoms with Crippen molar-refractivity contribution in [2.24, 2.45) is 5.92 Å². The quantitative estimate of drug-likeness (QED) is 0.773. The van der Waals surface area contributed by atoms with Gasteiger partial charge in [0.15, 0.2) is 5.13 Å². The number of hydrogen-bond acceptors (Lipinski definition) is 6. The summed E-state index contributed by atoms with van der Waals surface area (Å²) >= 11 is 1.50. The molecule has 2 fully saturated rings. The summed E-state index contributed by atoms with van der Waals surface area (Å²) in [5.41, 5.74) is 2.17. The fourth-order valence-corrected chi connectivity index (χ4v) is 5.20. The maximum atomic E-state index is 13.1. The van der Waals surface area contributed by atoms with Gasteiger partial charge in [0.25, 0.3) is 0 Å². The summed E-state index contributed by atoms with van der Waals surface area (Å²) in [7, 11) is 0. The number of carbonyl (C=O) groups excluding carboxylic acids is 2. The third-order valence-corrected chi connectivity index (χ3v) is 7.20. The molecule has 3 heterocycles. The van der Waals surface area contributed by atoms with Crippen LogP contribution in [0.15, 0.2) is 30.3 Å². The molecule has 2 aromatic rings. The van der Waals surface area contributed by atoms with E-state index in [9.17, 15) is 9.59 Å². The molecule has 2 amide bonds. The maximum absolute atomic E-state index is 13.1. The molecule has 2 aliphatic rings. The summed E-state index contributed by atoms with van der Waals surface area (Å²) in [5.74, 6) is 0.163. The largest absolute Gasteiger partial charge is 0.368 e. The molecule has 1 unspecified atom stereocenters. The Morgan fingerprint density at radius 2 is 1.84 bits per heavy atom. The van der Waals surface area contributed by atoms with E-state index >= 15 is 0 Å². The summed E-state index contributed by atoms with van der Waals surface area (Å²) in [5, 5.41) is 3.56. The highest BCUT2D eigenvalue weighted by atomic mass is 32.1. The van der Waals surface area contributed by atoms with E-state index in [1.807, 2.05) is 24.8 Å². The van der Waals surface area contributed by atoms with E-state index in [2.05, 4.69) is 44.4 Å². The number of benzene rings is 1. The number of rotatable bonds is 5. The highest BCUT2D eigenvalue weighted by Crippen LogP contribution is 2.23. The lowest BCUT2D eigenvalue weighted by molar-refractivity contribution is -0.138. The van der Waals surface area contributed by atoms with Gasteiger partial charge >= 0.3 is 0 Å². The van der Waals surface area contributed by atoms with Crippen LogP contribution in [0.5, 0.6) is 0 Å². The van der Waals surface area contributed by atoms with E-state index in [1.165, 1.54) is 17.0 Å². The number of piperidine rings is 1. The fraction of sp³-hybridized carbons (Fsp3) is 0.522. The van der Waals surface area contributed by atoms with Crippen LogP contribution in [-0.2, 0) is 9.59 Å². The lowest BCUT2D eigenvalue weighted by Crippen LogP contribution is -2.53. The second-order valence-electron chi connectivity index (χ2n) is 8.43. The average molecular weight is 442 g/mol. The molecule has 7 nitrogen and oxygen atoms in total. The van der Waals surface area contributed by atoms with Crippen LogP contribution in [0.25, 0.3) is 0 Å². The van der Waals surface area contributed by atoms with E-state index in [1.54, 1.807) is 0 Å². The minimum absolute atomic E-state index is 0.0193. The summed E-state index contributed by atoms with van der Waals surface area (Å²) in [6, 6.07) is 10.4. The molecule has 1 N–H and O–H groups in total. The van der Waals surface area contributed by atoms with Gasteiger partial charge in [-0.2, -0.15) is 0 Å². The second-order valence-corrected chi connectivity index (χ2v) is 9.63. The molecular formula is C23H31N5O2S. The zero-order valence-corrected chi connectivity index (χ0v) is 19.2. The number of aryl methyl sites for hydroxylation is 2. The van der Waals surface area contributed by atoms with Crippen LogP contribution in [0.2, 0.25) is 0 Å². The first-order valence-electron chi connectivity index (χ1n) is 11.0. The molecule has 2 aliphatic heterocycles. The van der Waals surface area contributed by atoms with Crippen LogP contribution in [0, 0.1) is 19.8 Å². The summed E-state index contributed by atoms with van der Waals surface area (Å²) < 4.78 is 0. The van der Waals surface area contributed by atoms with Gasteiger partial charge in [0.2, 0.25) is 11.8 Å². The molecule has 2 saturated heterocycles. The first-order valence-corrected chi connectivity index (χ1v) is 11.9. The van der Waals surface area contributed by atoms with Gasteiger partial charge in [0.05, 0.1) is 18.2 Å². The van der Waals surface area contributed by atoms with Gasteiger partial charge in [-0.1, -0.05) is 18.2 Å². The number of thiazole rings is 1. The molecule has 0 aliphatic carbocycles. The zero-order valence-electron chi connectivity index (χ0n) is 18.3. The topological polar surface area (TPSA) is 68.8 Å². The van der Waals surface area contributed by atoms with Gasteiger partial charge in [-0.3, -0.25) is 14.5 Å². The number of piperazine rings is 1. The Bertz CT molecular complexity index is 888. The van der Waals surface area contributed by atoms with Gasteiger partial charge in [0, 0.05) is 43.3 Å². The Labute approximate surface area is 188 Å². The van der Waals surface area contributed by atoms with Crippen molar-refractivity contribution < 1.29 is 9.59 Å². The van der Waals surface area contributed by atoms with E-state index in [-0.39, 0.29) is 17.7 Å². The third kappa shape index (κ3) is 5.43. The predicted octanol–water partition coefficient (Wildman–Crippen LogP) is 2.76. The molecular weight excluding hydrogens is 410 g/mol. The third-order valence-electron chi connectivity index (χ3n) is 6.21. The number of amides is 2. The van der Waals surface area contributed by atoms with E-state index in [0.717, 1.165) is 56.1 Å². The highest BCUT2D eigenvalue weighted by Gasteiger charge is 2.31. The van der Waals surface area contributed by atoms with Gasteiger partial charge in [-0.05, 0) is 45.4 Å². The van der Waals surface area contributed by atoms with Gasteiger partial charge in [-0.15, -0.1) is 11.3 Å². The minimum Gasteiger partial charge on any atom is -0.368 e. The minimum atomic E-state index is -0.0571. The van der Waals surface area contributed by atoms with Crippen molar-refractivity contribution in [2.75, 3.05) is 56.0 Å². The number of nitrogens with zero attached hydrogens (tertiary/aromatic N) is 4. The highest BCUT2D eigenvalue weighted by molar-refractivity contribution is 7.15. The Kier molecular flexibility index (Phi) is 6.87. The standard InChI is InChI=1S/C23H31N5O2S/c1-17-18(2)31-23(24-17)25-21(29)16-26-10-6-7-19(15-26)22(30)28-13-11-27(12-14-28)20-8-4-3-5-9-20/h3-5,8-9,19H,6-7,10-16H2,1-2H3,(H,24,25,29). The van der Waals surface area contributed by atoms with Crippen LogP contribution < -0.4 is 10.2 Å². The molecule has 166 valence electrons. The van der Waals surface area contributed by atoms with E-state index < -0.39 is 0 Å². The number of likely N-dealkylation sites (tertiary alicyclic amines) is 1. The zero-order chi connectivity index (χ0) is 21.8. The smallest absolute Gasteiger partial charge is 0.240 e. The molecule has 1 aromatic heterocycles. The number of nitrogens with one attached hydrogen (secondary N) is 1. The van der Waals surface area contributed by atoms with Crippen molar-refractivity contribution in [1.29, 1.82) is 0 Å². The Hall–Kier alpha value is -2.45. The molecule has 0 saturated carbocycles. The van der Waals surface area contributed by atoms with Crippen LogP contribution in [0.4, 0.5) is 10.8 Å². The Morgan fingerprint density at radius 3 is 2.52 bits per heavy atom. The van der Waals surface area contributed by atoms with Crippen molar-refractivity contribution in [2.45, 2.75) is 26.7 Å². The van der Waals surface area contributed by atoms with Crippen molar-refractivity contribution >= 4 is 34.0 Å². The van der Waals surface area contributed by atoms with Crippen LogP contribution in [0.1, 0.15) is 23.4 Å². The second kappa shape index (κ2) is 9.78. The number of hydrogen-bond donors (Lipinski definition) is 1. The number of aromatic nitrogens is 1. The Balaban J connectivity index is 1.26. The Morgan fingerprint density at radius 1 is 1.10 bits per heavy atom. The van der Waals surface area contributed by atoms with Gasteiger partial charge in [0.1, 0.15) is 0 Å². The lowest BCUT2D eigenvalue weighted by Gasteiger charge is -2.39. The van der Waals surface area contributed by atoms with Crippen LogP contribution in [-0.4, -0.2) is 72.4 Å². The van der Waals surface area contributed by atoms with E-state index in [4.69, 9.17) is 0 Å². The molecule has 31 heavy (non-hydrogen) atoms. The molecule has 0 bridgehead atoms. The SMILES string of the molecule is Cc1nc(NC(=O)CN2CCCC(C(=O)N3CCN(c4ccccc4)CC3)C2)sc1C. The summed E-state index contributed by atoms with van der Waals surface area (Å²) in [4.78, 5) is 37.5. The molecule has 0 spiro atoms. The molecule has 4 rings (SSSR count). The first kappa shape index (κ1) is 21.8. The summed E-state index contributed by atoms with van der Waals surface area (Å²) in [6.07, 6.45) is 1.85. The number of anilines is 2. The number of carbonyl (C=O) groups is 2. The van der Waals surface area contributed by atoms with Gasteiger partial charge in [-0.25, -0.2) is 4.98 Å². The maximum Gasteiger partial charge on any atom is 0.240 e. The monoisotopic (exact) mass is 441 g/mol. The normalized spacial score (nSPS) is 20.0. The first-order chi connectivity index (χ1) is 15.0. The predicted molar refractivity (Wildman–Crippen MR) is 125 cm³/mol. The van der Waals surface area contributed by atoms with Crippen LogP contribution in [0.3, 0.4) is 0 Å². The van der Waals surface area contributed by atoms with Crippen molar-refractivity contribution in [3.63, 3.8) is 0 Å².